The molecule has 0 unspecified atom stereocenters. The Kier molecular flexibility index (Phi) is 8.18. The largest absolute Gasteiger partial charge is 0.329 e. The van der Waals surface area contributed by atoms with E-state index in [1.54, 1.807) is 18.3 Å². The number of rotatable bonds is 3. The zero-order chi connectivity index (χ0) is 9.94. The topological polar surface area (TPSA) is 70.9 Å². The molecule has 4 heteroatoms. The second-order valence-electron chi connectivity index (χ2n) is 2.53. The molecular formula is C9H17N3O. The van der Waals surface area contributed by atoms with Crippen molar-refractivity contribution in [2.75, 3.05) is 6.54 Å². The summed E-state index contributed by atoms with van der Waals surface area (Å²) >= 11 is 0. The van der Waals surface area contributed by atoms with Gasteiger partial charge < -0.3 is 4.98 Å². The summed E-state index contributed by atoms with van der Waals surface area (Å²) in [7, 11) is 0. The lowest BCUT2D eigenvalue weighted by molar-refractivity contribution is 0.669. The first-order chi connectivity index (χ1) is 6.31. The number of nitrogens with two attached hydrogens (primary N) is 1. The Balaban J connectivity index is 0.000000226. The highest BCUT2D eigenvalue weighted by Crippen LogP contribution is 1.78. The van der Waals surface area contributed by atoms with E-state index >= 15 is 0 Å². The van der Waals surface area contributed by atoms with Gasteiger partial charge in [-0.2, -0.15) is 0 Å². The van der Waals surface area contributed by atoms with E-state index in [2.05, 4.69) is 17.3 Å². The van der Waals surface area contributed by atoms with Gasteiger partial charge in [-0.05, 0) is 12.5 Å². The zero-order valence-electron chi connectivity index (χ0n) is 7.92. The Morgan fingerprint density at radius 1 is 1.54 bits per heavy atom. The van der Waals surface area contributed by atoms with Gasteiger partial charge in [-0.25, -0.2) is 0 Å². The van der Waals surface area contributed by atoms with Crippen LogP contribution in [0.15, 0.2) is 29.2 Å². The molecule has 1 rings (SSSR count). The molecule has 1 aromatic rings. The molecule has 0 spiro atoms. The Morgan fingerprint density at radius 3 is 2.54 bits per heavy atom. The van der Waals surface area contributed by atoms with Crippen molar-refractivity contribution < 1.29 is 0 Å². The van der Waals surface area contributed by atoms with Gasteiger partial charge in [0.2, 0.25) is 5.56 Å². The van der Waals surface area contributed by atoms with Crippen LogP contribution in [0.2, 0.25) is 0 Å². The summed E-state index contributed by atoms with van der Waals surface area (Å²) in [6, 6.07) is 4.93. The molecule has 0 fully saturated rings. The Morgan fingerprint density at radius 2 is 2.31 bits per heavy atom. The van der Waals surface area contributed by atoms with Crippen LogP contribution in [0.25, 0.3) is 0 Å². The molecular weight excluding hydrogens is 166 g/mol. The number of aromatic amines is 1. The van der Waals surface area contributed by atoms with E-state index in [4.69, 9.17) is 5.84 Å². The van der Waals surface area contributed by atoms with Crippen molar-refractivity contribution in [3.63, 3.8) is 0 Å². The SMILES string of the molecule is CCCCNN.O=c1cccc[nH]1. The predicted molar refractivity (Wildman–Crippen MR) is 54.2 cm³/mol. The normalized spacial score (nSPS) is 8.77. The van der Waals surface area contributed by atoms with Gasteiger partial charge in [-0.15, -0.1) is 0 Å². The number of pyridine rings is 1. The van der Waals surface area contributed by atoms with Crippen molar-refractivity contribution >= 4 is 0 Å². The molecule has 1 heterocycles. The van der Waals surface area contributed by atoms with Gasteiger partial charge in [0, 0.05) is 18.8 Å². The third-order valence-corrected chi connectivity index (χ3v) is 1.36. The van der Waals surface area contributed by atoms with Crippen molar-refractivity contribution in [2.24, 2.45) is 5.84 Å². The Hall–Kier alpha value is -1.13. The third-order valence-electron chi connectivity index (χ3n) is 1.36. The number of hydrogen-bond acceptors (Lipinski definition) is 3. The van der Waals surface area contributed by atoms with Crippen molar-refractivity contribution in [2.45, 2.75) is 19.8 Å². The zero-order valence-corrected chi connectivity index (χ0v) is 7.92. The minimum atomic E-state index is -0.0532. The molecule has 0 bridgehead atoms. The van der Waals surface area contributed by atoms with E-state index in [1.807, 2.05) is 0 Å². The van der Waals surface area contributed by atoms with Gasteiger partial charge >= 0.3 is 0 Å². The van der Waals surface area contributed by atoms with Crippen molar-refractivity contribution in [3.8, 4) is 0 Å². The maximum absolute atomic E-state index is 10.2. The van der Waals surface area contributed by atoms with E-state index in [0.717, 1.165) is 6.54 Å². The average molecular weight is 183 g/mol. The summed E-state index contributed by atoms with van der Waals surface area (Å²) in [5.41, 5.74) is 2.52. The van der Waals surface area contributed by atoms with Gasteiger partial charge in [0.25, 0.3) is 0 Å². The van der Waals surface area contributed by atoms with Gasteiger partial charge in [-0.3, -0.25) is 16.1 Å². The summed E-state index contributed by atoms with van der Waals surface area (Å²) < 4.78 is 0. The van der Waals surface area contributed by atoms with E-state index in [1.165, 1.54) is 18.9 Å². The van der Waals surface area contributed by atoms with E-state index < -0.39 is 0 Å². The number of aromatic nitrogens is 1. The first-order valence-corrected chi connectivity index (χ1v) is 4.38. The average Bonchev–Trinajstić information content (AvgIpc) is 2.17. The van der Waals surface area contributed by atoms with E-state index in [-0.39, 0.29) is 5.56 Å². The molecule has 0 aliphatic rings. The van der Waals surface area contributed by atoms with Gasteiger partial charge in [0.15, 0.2) is 0 Å². The summed E-state index contributed by atoms with van der Waals surface area (Å²) in [5, 5.41) is 0. The van der Waals surface area contributed by atoms with Crippen LogP contribution in [0.5, 0.6) is 0 Å². The monoisotopic (exact) mass is 183 g/mol. The van der Waals surface area contributed by atoms with Crippen LogP contribution >= 0.6 is 0 Å². The van der Waals surface area contributed by atoms with Crippen LogP contribution in [0.3, 0.4) is 0 Å². The molecule has 0 atom stereocenters. The standard InChI is InChI=1S/C5H5NO.C4H12N2/c7-5-3-1-2-4-6-5;1-2-3-4-6-5/h1-4H,(H,6,7);6H,2-5H2,1H3. The van der Waals surface area contributed by atoms with E-state index in [9.17, 15) is 4.79 Å². The quantitative estimate of drug-likeness (QED) is 0.365. The van der Waals surface area contributed by atoms with Gasteiger partial charge in [-0.1, -0.05) is 19.4 Å². The lowest BCUT2D eigenvalue weighted by atomic mass is 10.3. The summed E-state index contributed by atoms with van der Waals surface area (Å²) in [4.78, 5) is 12.7. The van der Waals surface area contributed by atoms with Crippen molar-refractivity contribution in [1.29, 1.82) is 0 Å². The molecule has 0 aliphatic heterocycles. The molecule has 0 amide bonds. The first kappa shape index (κ1) is 11.9. The number of unbranched alkanes of at least 4 members (excludes halogenated alkanes) is 1. The molecule has 1 aromatic heterocycles. The number of hydrazine groups is 1. The highest BCUT2D eigenvalue weighted by molar-refractivity contribution is 4.89. The summed E-state index contributed by atoms with van der Waals surface area (Å²) in [5.74, 6) is 4.96. The maximum atomic E-state index is 10.2. The van der Waals surface area contributed by atoms with Crippen LogP contribution in [0, 0.1) is 0 Å². The second kappa shape index (κ2) is 8.96. The molecule has 13 heavy (non-hydrogen) atoms. The van der Waals surface area contributed by atoms with Gasteiger partial charge in [0.1, 0.15) is 0 Å². The second-order valence-corrected chi connectivity index (χ2v) is 2.53. The molecule has 0 aromatic carbocycles. The predicted octanol–water partition coefficient (Wildman–Crippen LogP) is 0.625. The number of nitrogens with one attached hydrogen (secondary N) is 2. The lowest BCUT2D eigenvalue weighted by Gasteiger charge is -1.89. The highest BCUT2D eigenvalue weighted by atomic mass is 16.1. The maximum Gasteiger partial charge on any atom is 0.247 e. The first-order valence-electron chi connectivity index (χ1n) is 4.38. The fraction of sp³-hybridized carbons (Fsp3) is 0.444. The van der Waals surface area contributed by atoms with Gasteiger partial charge in [0.05, 0.1) is 0 Å². The summed E-state index contributed by atoms with van der Waals surface area (Å²) in [6.45, 7) is 3.08. The molecule has 0 saturated carbocycles. The molecule has 0 radical (unpaired) electrons. The molecule has 4 N–H and O–H groups in total. The Bertz CT molecular complexity index is 225. The minimum absolute atomic E-state index is 0.0532. The van der Waals surface area contributed by atoms with Crippen LogP contribution in [0.1, 0.15) is 19.8 Å². The van der Waals surface area contributed by atoms with Crippen molar-refractivity contribution in [3.05, 3.63) is 34.7 Å². The lowest BCUT2D eigenvalue weighted by Crippen LogP contribution is -2.22. The third kappa shape index (κ3) is 8.78. The molecule has 4 nitrogen and oxygen atoms in total. The van der Waals surface area contributed by atoms with Crippen molar-refractivity contribution in [1.82, 2.24) is 10.4 Å². The van der Waals surface area contributed by atoms with Crippen LogP contribution < -0.4 is 16.8 Å². The fourth-order valence-electron chi connectivity index (χ4n) is 0.656. The highest BCUT2D eigenvalue weighted by Gasteiger charge is 1.73. The molecule has 74 valence electrons. The Labute approximate surface area is 78.1 Å². The van der Waals surface area contributed by atoms with E-state index in [0.29, 0.717) is 0 Å². The molecule has 0 saturated heterocycles. The van der Waals surface area contributed by atoms with Crippen LogP contribution in [-0.2, 0) is 0 Å². The minimum Gasteiger partial charge on any atom is -0.329 e. The number of H-pyrrole nitrogens is 1. The summed E-state index contributed by atoms with van der Waals surface area (Å²) in [6.07, 6.45) is 3.99. The number of hydrogen-bond donors (Lipinski definition) is 3. The smallest absolute Gasteiger partial charge is 0.247 e. The molecule has 0 aliphatic carbocycles. The fourth-order valence-corrected chi connectivity index (χ4v) is 0.656. The van der Waals surface area contributed by atoms with Crippen LogP contribution in [-0.4, -0.2) is 11.5 Å². The van der Waals surface area contributed by atoms with Crippen LogP contribution in [0.4, 0.5) is 0 Å².